The minimum Gasteiger partial charge on any atom is -0.316 e. The van der Waals surface area contributed by atoms with Gasteiger partial charge in [-0.3, -0.25) is 0 Å². The third-order valence-corrected chi connectivity index (χ3v) is 3.53. The smallest absolute Gasteiger partial charge is 0.145 e. The first kappa shape index (κ1) is 10.9. The van der Waals surface area contributed by atoms with Crippen molar-refractivity contribution < 1.29 is 4.39 Å². The summed E-state index contributed by atoms with van der Waals surface area (Å²) in [5, 5.41) is 3.50. The summed E-state index contributed by atoms with van der Waals surface area (Å²) in [6, 6.07) is 1.71. The molecule has 2 rings (SSSR count). The lowest BCUT2D eigenvalue weighted by molar-refractivity contribution is 0.585. The molecular formula is C12H15ClFN. The third-order valence-electron chi connectivity index (χ3n) is 3.25. The van der Waals surface area contributed by atoms with Gasteiger partial charge in [0.25, 0.3) is 0 Å². The SMILES string of the molecule is Cc1cc(Cl)c(F)c(C2CCNC2)c1C. The van der Waals surface area contributed by atoms with E-state index in [1.165, 1.54) is 0 Å². The van der Waals surface area contributed by atoms with Crippen LogP contribution in [0.15, 0.2) is 6.07 Å². The van der Waals surface area contributed by atoms with E-state index < -0.39 is 0 Å². The molecule has 0 radical (unpaired) electrons. The van der Waals surface area contributed by atoms with Crippen LogP contribution in [0.1, 0.15) is 29.0 Å². The molecular weight excluding hydrogens is 213 g/mol. The maximum Gasteiger partial charge on any atom is 0.145 e. The molecule has 0 aliphatic carbocycles. The summed E-state index contributed by atoms with van der Waals surface area (Å²) in [5.74, 6) is 0.0517. The molecule has 1 saturated heterocycles. The highest BCUT2D eigenvalue weighted by Crippen LogP contribution is 2.33. The van der Waals surface area contributed by atoms with Gasteiger partial charge in [-0.2, -0.15) is 0 Å². The van der Waals surface area contributed by atoms with Crippen LogP contribution in [0.4, 0.5) is 4.39 Å². The van der Waals surface area contributed by atoms with Crippen LogP contribution in [-0.4, -0.2) is 13.1 Å². The molecule has 0 saturated carbocycles. The lowest BCUT2D eigenvalue weighted by Crippen LogP contribution is -2.11. The number of rotatable bonds is 1. The second-order valence-electron chi connectivity index (χ2n) is 4.22. The second-order valence-corrected chi connectivity index (χ2v) is 4.62. The van der Waals surface area contributed by atoms with Gasteiger partial charge in [0, 0.05) is 12.5 Å². The first-order valence-corrected chi connectivity index (χ1v) is 5.65. The molecule has 82 valence electrons. The van der Waals surface area contributed by atoms with Crippen molar-refractivity contribution in [1.29, 1.82) is 0 Å². The topological polar surface area (TPSA) is 12.0 Å². The minimum absolute atomic E-state index is 0.228. The molecule has 0 spiro atoms. The van der Waals surface area contributed by atoms with Crippen molar-refractivity contribution in [3.63, 3.8) is 0 Å². The molecule has 1 heterocycles. The second kappa shape index (κ2) is 4.11. The molecule has 1 fully saturated rings. The Morgan fingerprint density at radius 2 is 2.20 bits per heavy atom. The van der Waals surface area contributed by atoms with E-state index in [1.54, 1.807) is 6.07 Å². The lowest BCUT2D eigenvalue weighted by atomic mass is 9.91. The number of nitrogens with one attached hydrogen (secondary N) is 1. The molecule has 1 aliphatic heterocycles. The van der Waals surface area contributed by atoms with Gasteiger partial charge in [-0.1, -0.05) is 11.6 Å². The minimum atomic E-state index is -0.228. The van der Waals surface area contributed by atoms with Crippen molar-refractivity contribution in [1.82, 2.24) is 5.32 Å². The summed E-state index contributed by atoms with van der Waals surface area (Å²) >= 11 is 5.87. The van der Waals surface area contributed by atoms with Crippen LogP contribution in [0, 0.1) is 19.7 Å². The van der Waals surface area contributed by atoms with Gasteiger partial charge in [0.05, 0.1) is 5.02 Å². The van der Waals surface area contributed by atoms with Crippen molar-refractivity contribution in [2.24, 2.45) is 0 Å². The molecule has 0 aromatic heterocycles. The summed E-state index contributed by atoms with van der Waals surface area (Å²) in [7, 11) is 0. The van der Waals surface area contributed by atoms with E-state index in [2.05, 4.69) is 5.32 Å². The molecule has 1 aromatic carbocycles. The van der Waals surface area contributed by atoms with Gasteiger partial charge in [0.15, 0.2) is 0 Å². The maximum absolute atomic E-state index is 13.9. The zero-order valence-electron chi connectivity index (χ0n) is 9.03. The number of hydrogen-bond acceptors (Lipinski definition) is 1. The Labute approximate surface area is 94.6 Å². The van der Waals surface area contributed by atoms with Gasteiger partial charge < -0.3 is 5.32 Å². The summed E-state index contributed by atoms with van der Waals surface area (Å²) in [6.07, 6.45) is 0.998. The van der Waals surface area contributed by atoms with Gasteiger partial charge in [0.1, 0.15) is 5.82 Å². The normalized spacial score (nSPS) is 20.9. The van der Waals surface area contributed by atoms with Crippen LogP contribution >= 0.6 is 11.6 Å². The highest BCUT2D eigenvalue weighted by Gasteiger charge is 2.24. The monoisotopic (exact) mass is 227 g/mol. The van der Waals surface area contributed by atoms with Crippen molar-refractivity contribution in [3.8, 4) is 0 Å². The fourth-order valence-corrected chi connectivity index (χ4v) is 2.52. The van der Waals surface area contributed by atoms with Crippen molar-refractivity contribution in [3.05, 3.63) is 33.6 Å². The highest BCUT2D eigenvalue weighted by molar-refractivity contribution is 6.30. The molecule has 15 heavy (non-hydrogen) atoms. The number of benzene rings is 1. The first-order chi connectivity index (χ1) is 7.11. The van der Waals surface area contributed by atoms with Gasteiger partial charge in [-0.05, 0) is 49.6 Å². The van der Waals surface area contributed by atoms with E-state index in [9.17, 15) is 4.39 Å². The average Bonchev–Trinajstić information content (AvgIpc) is 2.69. The van der Waals surface area contributed by atoms with Gasteiger partial charge in [-0.25, -0.2) is 4.39 Å². The summed E-state index contributed by atoms with van der Waals surface area (Å²) < 4.78 is 13.9. The van der Waals surface area contributed by atoms with E-state index in [-0.39, 0.29) is 16.8 Å². The average molecular weight is 228 g/mol. The van der Waals surface area contributed by atoms with E-state index in [4.69, 9.17) is 11.6 Å². The fraction of sp³-hybridized carbons (Fsp3) is 0.500. The number of aryl methyl sites for hydroxylation is 1. The Balaban J connectivity index is 2.52. The number of hydrogen-bond donors (Lipinski definition) is 1. The Morgan fingerprint density at radius 1 is 1.47 bits per heavy atom. The lowest BCUT2D eigenvalue weighted by Gasteiger charge is -2.16. The summed E-state index contributed by atoms with van der Waals surface area (Å²) in [5.41, 5.74) is 2.93. The fourth-order valence-electron chi connectivity index (χ4n) is 2.25. The Kier molecular flexibility index (Phi) is 2.98. The standard InChI is InChI=1S/C12H15ClFN/c1-7-5-10(13)12(14)11(8(7)2)9-3-4-15-6-9/h5,9,15H,3-4,6H2,1-2H3. The Hall–Kier alpha value is -0.600. The van der Waals surface area contributed by atoms with Crippen molar-refractivity contribution in [2.75, 3.05) is 13.1 Å². The van der Waals surface area contributed by atoms with Gasteiger partial charge in [-0.15, -0.1) is 0 Å². The molecule has 1 unspecified atom stereocenters. The zero-order chi connectivity index (χ0) is 11.0. The van der Waals surface area contributed by atoms with Crippen LogP contribution in [0.5, 0.6) is 0 Å². The summed E-state index contributed by atoms with van der Waals surface area (Å²) in [6.45, 7) is 5.78. The molecule has 1 nitrogen and oxygen atoms in total. The third kappa shape index (κ3) is 1.88. The van der Waals surface area contributed by atoms with E-state index in [0.29, 0.717) is 0 Å². The van der Waals surface area contributed by atoms with E-state index >= 15 is 0 Å². The molecule has 1 aliphatic rings. The Bertz CT molecular complexity index is 357. The van der Waals surface area contributed by atoms with Gasteiger partial charge >= 0.3 is 0 Å². The van der Waals surface area contributed by atoms with Crippen molar-refractivity contribution >= 4 is 11.6 Å². The van der Waals surface area contributed by atoms with Crippen molar-refractivity contribution in [2.45, 2.75) is 26.2 Å². The van der Waals surface area contributed by atoms with Crippen LogP contribution in [0.3, 0.4) is 0 Å². The zero-order valence-corrected chi connectivity index (χ0v) is 9.79. The Morgan fingerprint density at radius 3 is 2.80 bits per heavy atom. The molecule has 1 N–H and O–H groups in total. The molecule has 3 heteroatoms. The quantitative estimate of drug-likeness (QED) is 0.777. The predicted molar refractivity (Wildman–Crippen MR) is 61.1 cm³/mol. The van der Waals surface area contributed by atoms with Crippen LogP contribution < -0.4 is 5.32 Å². The number of halogens is 2. The van der Waals surface area contributed by atoms with Crippen LogP contribution in [0.2, 0.25) is 5.02 Å². The molecule has 1 atom stereocenters. The summed E-state index contributed by atoms with van der Waals surface area (Å²) in [4.78, 5) is 0. The first-order valence-electron chi connectivity index (χ1n) is 5.27. The largest absolute Gasteiger partial charge is 0.316 e. The molecule has 1 aromatic rings. The molecule has 0 bridgehead atoms. The predicted octanol–water partition coefficient (Wildman–Crippen LogP) is 3.17. The van der Waals surface area contributed by atoms with Gasteiger partial charge in [0.2, 0.25) is 0 Å². The van der Waals surface area contributed by atoms with E-state index in [0.717, 1.165) is 36.2 Å². The van der Waals surface area contributed by atoms with E-state index in [1.807, 2.05) is 13.8 Å². The van der Waals surface area contributed by atoms with Crippen LogP contribution in [-0.2, 0) is 0 Å². The van der Waals surface area contributed by atoms with Crippen LogP contribution in [0.25, 0.3) is 0 Å². The molecule has 0 amide bonds. The highest BCUT2D eigenvalue weighted by atomic mass is 35.5. The maximum atomic E-state index is 13.9.